The molecule has 1 aromatic carbocycles. The first-order chi connectivity index (χ1) is 12.3. The van der Waals surface area contributed by atoms with Gasteiger partial charge in [-0.2, -0.15) is 29.5 Å². The van der Waals surface area contributed by atoms with Crippen LogP contribution in [0, 0.1) is 0 Å². The number of nitrogens with two attached hydrogens (primary N) is 2. The molecule has 26 heavy (non-hydrogen) atoms. The van der Waals surface area contributed by atoms with E-state index in [9.17, 15) is 13.2 Å². The van der Waals surface area contributed by atoms with Crippen LogP contribution >= 0.6 is 11.3 Å². The minimum Gasteiger partial charge on any atom is -0.397 e. The lowest BCUT2D eigenvalue weighted by molar-refractivity contribution is -0.159. The Morgan fingerprint density at radius 1 is 1.23 bits per heavy atom. The van der Waals surface area contributed by atoms with Gasteiger partial charge in [0.25, 0.3) is 0 Å². The van der Waals surface area contributed by atoms with Crippen molar-refractivity contribution in [3.05, 3.63) is 64.3 Å². The van der Waals surface area contributed by atoms with Gasteiger partial charge in [-0.3, -0.25) is 0 Å². The summed E-state index contributed by atoms with van der Waals surface area (Å²) in [7, 11) is 0. The molecule has 3 rings (SSSR count). The summed E-state index contributed by atoms with van der Waals surface area (Å²) >= 11 is 1.53. The molecule has 0 aliphatic rings. The summed E-state index contributed by atoms with van der Waals surface area (Å²) in [6, 6.07) is 8.51. The van der Waals surface area contributed by atoms with Gasteiger partial charge >= 0.3 is 12.1 Å². The van der Waals surface area contributed by atoms with Crippen LogP contribution in [-0.2, 0) is 12.7 Å². The second-order valence-electron chi connectivity index (χ2n) is 5.39. The van der Waals surface area contributed by atoms with Crippen LogP contribution in [0.3, 0.4) is 0 Å². The Balaban J connectivity index is 1.68. The zero-order valence-corrected chi connectivity index (χ0v) is 14.1. The summed E-state index contributed by atoms with van der Waals surface area (Å²) in [6.45, 7) is 0.366. The lowest BCUT2D eigenvalue weighted by Crippen LogP contribution is -2.25. The van der Waals surface area contributed by atoms with Gasteiger partial charge in [-0.1, -0.05) is 29.4 Å². The first-order valence-electron chi connectivity index (χ1n) is 7.34. The van der Waals surface area contributed by atoms with Crippen molar-refractivity contribution >= 4 is 17.0 Å². The Hall–Kier alpha value is -2.85. The molecule has 0 aliphatic carbocycles. The summed E-state index contributed by atoms with van der Waals surface area (Å²) < 4.78 is 41.7. The minimum absolute atomic E-state index is 0.130. The molecule has 0 bridgehead atoms. The van der Waals surface area contributed by atoms with E-state index in [1.165, 1.54) is 16.3 Å². The Bertz CT molecular complexity index is 888. The third-order valence-corrected chi connectivity index (χ3v) is 4.09. The average molecular weight is 381 g/mol. The van der Waals surface area contributed by atoms with Crippen LogP contribution < -0.4 is 11.6 Å². The number of benzene rings is 1. The van der Waals surface area contributed by atoms with Crippen molar-refractivity contribution in [3.8, 4) is 11.4 Å². The predicted molar refractivity (Wildman–Crippen MR) is 90.9 cm³/mol. The number of thiophene rings is 1. The van der Waals surface area contributed by atoms with Gasteiger partial charge in [0.1, 0.15) is 0 Å². The fourth-order valence-electron chi connectivity index (χ4n) is 2.15. The molecule has 0 atom stereocenters. The number of hydrogen-bond acceptors (Lipinski definition) is 7. The molecular weight excluding hydrogens is 367 g/mol. The topological polar surface area (TPSA) is 94.2 Å². The van der Waals surface area contributed by atoms with Crippen molar-refractivity contribution in [2.24, 2.45) is 11.6 Å². The molecule has 4 N–H and O–H groups in total. The molecule has 6 nitrogen and oxygen atoms in total. The minimum atomic E-state index is -4.67. The highest BCUT2D eigenvalue weighted by Gasteiger charge is 2.38. The van der Waals surface area contributed by atoms with E-state index in [0.29, 0.717) is 17.8 Å². The number of nitrogens with zero attached hydrogens (tertiary/aromatic N) is 3. The summed E-state index contributed by atoms with van der Waals surface area (Å²) in [5.74, 6) is 4.42. The maximum atomic E-state index is 12.5. The number of alkyl halides is 3. The van der Waals surface area contributed by atoms with E-state index < -0.39 is 12.1 Å². The quantitative estimate of drug-likeness (QED) is 0.519. The number of hydrogen-bond donors (Lipinski definition) is 2. The van der Waals surface area contributed by atoms with Crippen LogP contribution in [0.1, 0.15) is 17.0 Å². The Kier molecular flexibility index (Phi) is 4.96. The second kappa shape index (κ2) is 7.18. The van der Waals surface area contributed by atoms with Crippen LogP contribution in [0.5, 0.6) is 0 Å². The number of rotatable bonds is 5. The average Bonchev–Trinajstić information content (AvgIpc) is 3.27. The highest BCUT2D eigenvalue weighted by Crippen LogP contribution is 2.29. The Morgan fingerprint density at radius 2 is 1.96 bits per heavy atom. The molecule has 0 saturated heterocycles. The molecule has 10 heteroatoms. The van der Waals surface area contributed by atoms with Crippen molar-refractivity contribution in [2.45, 2.75) is 12.7 Å². The monoisotopic (exact) mass is 381 g/mol. The van der Waals surface area contributed by atoms with Crippen LogP contribution in [0.2, 0.25) is 0 Å². The van der Waals surface area contributed by atoms with E-state index in [1.54, 1.807) is 30.5 Å². The number of halogens is 3. The summed E-state index contributed by atoms with van der Waals surface area (Å²) in [6.07, 6.45) is -3.05. The summed E-state index contributed by atoms with van der Waals surface area (Å²) in [5, 5.41) is 8.60. The SMILES string of the molecule is N/C(=C\N(N)Cc1ccc(-c2noc(C(F)(F)F)n2)cc1)c1ccsc1. The van der Waals surface area contributed by atoms with Gasteiger partial charge in [0.15, 0.2) is 0 Å². The second-order valence-corrected chi connectivity index (χ2v) is 6.17. The lowest BCUT2D eigenvalue weighted by Gasteiger charge is -2.15. The van der Waals surface area contributed by atoms with E-state index in [2.05, 4.69) is 14.7 Å². The van der Waals surface area contributed by atoms with Crippen LogP contribution in [-0.4, -0.2) is 15.1 Å². The number of aromatic nitrogens is 2. The zero-order chi connectivity index (χ0) is 18.7. The van der Waals surface area contributed by atoms with E-state index in [1.807, 2.05) is 16.8 Å². The Morgan fingerprint density at radius 3 is 2.54 bits per heavy atom. The smallest absolute Gasteiger partial charge is 0.397 e. The summed E-state index contributed by atoms with van der Waals surface area (Å²) in [5.41, 5.74) is 8.63. The van der Waals surface area contributed by atoms with E-state index in [0.717, 1.165) is 11.1 Å². The van der Waals surface area contributed by atoms with Gasteiger partial charge in [-0.25, -0.2) is 5.84 Å². The fraction of sp³-hybridized carbons (Fsp3) is 0.125. The molecule has 2 aromatic heterocycles. The van der Waals surface area contributed by atoms with Crippen LogP contribution in [0.4, 0.5) is 13.2 Å². The third-order valence-electron chi connectivity index (χ3n) is 3.41. The molecule has 0 fully saturated rings. The van der Waals surface area contributed by atoms with E-state index in [-0.39, 0.29) is 5.82 Å². The maximum Gasteiger partial charge on any atom is 0.471 e. The van der Waals surface area contributed by atoms with Crippen molar-refractivity contribution in [1.29, 1.82) is 0 Å². The fourth-order valence-corrected chi connectivity index (χ4v) is 2.82. The predicted octanol–water partition coefficient (Wildman–Crippen LogP) is 3.45. The normalized spacial score (nSPS) is 12.4. The first-order valence-corrected chi connectivity index (χ1v) is 8.28. The molecule has 136 valence electrons. The van der Waals surface area contributed by atoms with Crippen LogP contribution in [0.25, 0.3) is 17.1 Å². The molecule has 3 aromatic rings. The van der Waals surface area contributed by atoms with Crippen molar-refractivity contribution in [3.63, 3.8) is 0 Å². The molecule has 0 amide bonds. The first kappa shape index (κ1) is 18.0. The standard InChI is InChI=1S/C16H14F3N5OS/c17-16(18,19)15-22-14(23-25-15)11-3-1-10(2-4-11)7-24(21)8-13(20)12-5-6-26-9-12/h1-6,8-9H,7,20-21H2/b13-8-. The van der Waals surface area contributed by atoms with Crippen LogP contribution in [0.15, 0.2) is 51.8 Å². The molecule has 0 spiro atoms. The summed E-state index contributed by atoms with van der Waals surface area (Å²) in [4.78, 5) is 3.35. The van der Waals surface area contributed by atoms with Gasteiger partial charge < -0.3 is 15.3 Å². The molecule has 0 unspecified atom stereocenters. The Labute approximate surface area is 150 Å². The highest BCUT2D eigenvalue weighted by atomic mass is 32.1. The van der Waals surface area contributed by atoms with Gasteiger partial charge in [0.2, 0.25) is 5.82 Å². The van der Waals surface area contributed by atoms with Gasteiger partial charge in [-0.15, -0.1) is 0 Å². The lowest BCUT2D eigenvalue weighted by atomic mass is 10.1. The van der Waals surface area contributed by atoms with Crippen molar-refractivity contribution < 1.29 is 17.7 Å². The van der Waals surface area contributed by atoms with E-state index in [4.69, 9.17) is 11.6 Å². The largest absolute Gasteiger partial charge is 0.471 e. The molecule has 0 aliphatic heterocycles. The van der Waals surface area contributed by atoms with Crippen molar-refractivity contribution in [1.82, 2.24) is 15.1 Å². The highest BCUT2D eigenvalue weighted by molar-refractivity contribution is 7.08. The third kappa shape index (κ3) is 4.21. The maximum absolute atomic E-state index is 12.5. The van der Waals surface area contributed by atoms with E-state index >= 15 is 0 Å². The molecule has 0 radical (unpaired) electrons. The zero-order valence-electron chi connectivity index (χ0n) is 13.3. The van der Waals surface area contributed by atoms with Crippen molar-refractivity contribution in [2.75, 3.05) is 0 Å². The molecular formula is C16H14F3N5OS. The van der Waals surface area contributed by atoms with Gasteiger partial charge in [0, 0.05) is 22.7 Å². The molecule has 0 saturated carbocycles. The number of hydrazine groups is 1. The van der Waals surface area contributed by atoms with Gasteiger partial charge in [0.05, 0.1) is 12.2 Å². The van der Waals surface area contributed by atoms with Gasteiger partial charge in [-0.05, 0) is 17.0 Å². The molecule has 2 heterocycles.